The summed E-state index contributed by atoms with van der Waals surface area (Å²) < 4.78 is 71.5. The summed E-state index contributed by atoms with van der Waals surface area (Å²) in [6, 6.07) is 26.6. The number of para-hydroxylation sites is 2. The first-order chi connectivity index (χ1) is 28.8. The first-order valence-electron chi connectivity index (χ1n) is 18.3. The van der Waals surface area contributed by atoms with Gasteiger partial charge in [-0.1, -0.05) is 60.7 Å². The second-order valence-corrected chi connectivity index (χ2v) is 15.7. The van der Waals surface area contributed by atoms with Crippen LogP contribution in [0.1, 0.15) is 24.0 Å². The third-order valence-corrected chi connectivity index (χ3v) is 10.7. The summed E-state index contributed by atoms with van der Waals surface area (Å²) in [5, 5.41) is 35.0. The normalized spacial score (nSPS) is 16.5. The fourth-order valence-electron chi connectivity index (χ4n) is 6.16. The van der Waals surface area contributed by atoms with E-state index in [4.69, 9.17) is 0 Å². The Hall–Kier alpha value is -4.24. The zero-order valence-corrected chi connectivity index (χ0v) is 39.9. The molecule has 10 N–H and O–H groups in total. The van der Waals surface area contributed by atoms with Gasteiger partial charge in [-0.2, -0.15) is 26.8 Å². The SMILES string of the molecule is CNN1C(CCO)=NC(Nc2ccccc2)=NC1Nc1ccc(C=Cc2ccc(NC3N=C(Nc4ccccc4)N=C(CCO)N3NC)cc2S(=O)(=O)O)c(S(=O)(=O)O)c1.[Na].[Na]. The van der Waals surface area contributed by atoms with Crippen molar-refractivity contribution < 1.29 is 36.2 Å². The van der Waals surface area contributed by atoms with Gasteiger partial charge in [0.25, 0.3) is 20.2 Å². The number of aliphatic hydroxyl groups excluding tert-OH is 2. The summed E-state index contributed by atoms with van der Waals surface area (Å²) in [6.45, 7) is -0.428. The van der Waals surface area contributed by atoms with Crippen LogP contribution in [0, 0.1) is 0 Å². The zero-order valence-electron chi connectivity index (χ0n) is 34.3. The summed E-state index contributed by atoms with van der Waals surface area (Å²) in [5.41, 5.74) is 7.79. The minimum absolute atomic E-state index is 0. The van der Waals surface area contributed by atoms with E-state index < -0.39 is 42.6 Å². The van der Waals surface area contributed by atoms with Crippen LogP contribution >= 0.6 is 0 Å². The second kappa shape index (κ2) is 22.9. The summed E-state index contributed by atoms with van der Waals surface area (Å²) in [6.07, 6.45) is 1.08. The topological polar surface area (TPSA) is 277 Å². The van der Waals surface area contributed by atoms with Crippen LogP contribution in [0.3, 0.4) is 0 Å². The Morgan fingerprint density at radius 3 is 1.27 bits per heavy atom. The van der Waals surface area contributed by atoms with Gasteiger partial charge in [-0.3, -0.25) is 19.1 Å². The molecule has 0 saturated carbocycles. The Morgan fingerprint density at radius 1 is 0.581 bits per heavy atom. The third-order valence-electron chi connectivity index (χ3n) is 8.83. The summed E-state index contributed by atoms with van der Waals surface area (Å²) in [4.78, 5) is 17.2. The first kappa shape index (κ1) is 50.4. The summed E-state index contributed by atoms with van der Waals surface area (Å²) >= 11 is 0. The van der Waals surface area contributed by atoms with Gasteiger partial charge in [0.2, 0.25) is 24.5 Å². The number of anilines is 4. The molecule has 62 heavy (non-hydrogen) atoms. The van der Waals surface area contributed by atoms with Gasteiger partial charge in [0.15, 0.2) is 0 Å². The summed E-state index contributed by atoms with van der Waals surface area (Å²) in [7, 11) is -6.45. The van der Waals surface area contributed by atoms with Crippen molar-refractivity contribution in [3.8, 4) is 0 Å². The Labute approximate surface area is 403 Å². The molecule has 2 aliphatic rings. The van der Waals surface area contributed by atoms with E-state index in [0.29, 0.717) is 23.0 Å². The van der Waals surface area contributed by atoms with E-state index in [0.717, 1.165) is 0 Å². The predicted molar refractivity (Wildman–Crippen MR) is 243 cm³/mol. The first-order valence-corrected chi connectivity index (χ1v) is 21.2. The van der Waals surface area contributed by atoms with Crippen LogP contribution in [0.5, 0.6) is 0 Å². The van der Waals surface area contributed by atoms with Gasteiger partial charge in [0.1, 0.15) is 21.5 Å². The molecule has 0 fully saturated rings. The van der Waals surface area contributed by atoms with Crippen LogP contribution in [0.4, 0.5) is 22.7 Å². The maximum atomic E-state index is 12.7. The number of hydrogen-bond donors (Lipinski definition) is 10. The zero-order chi connectivity index (χ0) is 42.9. The molecule has 2 radical (unpaired) electrons. The smallest absolute Gasteiger partial charge is 0.295 e. The average molecular weight is 907 g/mol. The third kappa shape index (κ3) is 13.2. The fourth-order valence-corrected chi connectivity index (χ4v) is 7.58. The van der Waals surface area contributed by atoms with E-state index in [1.165, 1.54) is 48.6 Å². The predicted octanol–water partition coefficient (Wildman–Crippen LogP) is 2.38. The second-order valence-electron chi connectivity index (χ2n) is 12.9. The maximum absolute atomic E-state index is 12.7. The number of hydrogen-bond acceptors (Lipinski definition) is 18. The number of aliphatic imine (C=N–C) groups is 4. The van der Waals surface area contributed by atoms with Gasteiger partial charge < -0.3 is 31.5 Å². The number of nitrogens with zero attached hydrogens (tertiary/aromatic N) is 6. The van der Waals surface area contributed by atoms with Crippen molar-refractivity contribution in [2.75, 3.05) is 48.6 Å². The van der Waals surface area contributed by atoms with Gasteiger partial charge in [-0.25, -0.2) is 20.8 Å². The van der Waals surface area contributed by atoms with Crippen LogP contribution in [-0.4, -0.2) is 169 Å². The Balaban J connectivity index is 0.00000422. The molecular weight excluding hydrogens is 863 g/mol. The number of rotatable bonds is 16. The number of hydrazine groups is 2. The molecule has 0 bridgehead atoms. The van der Waals surface area contributed by atoms with Crippen molar-refractivity contribution in [2.24, 2.45) is 20.0 Å². The van der Waals surface area contributed by atoms with Crippen molar-refractivity contribution in [3.05, 3.63) is 108 Å². The quantitative estimate of drug-likeness (QED) is 0.0439. The number of benzene rings is 4. The molecule has 0 spiro atoms. The Kier molecular flexibility index (Phi) is 18.6. The minimum atomic E-state index is -4.85. The molecule has 4 aromatic rings. The molecule has 4 aromatic carbocycles. The molecule has 0 aromatic heterocycles. The molecule has 6 rings (SSSR count). The molecule has 20 nitrogen and oxygen atoms in total. The van der Waals surface area contributed by atoms with Crippen molar-refractivity contribution in [2.45, 2.75) is 35.2 Å². The van der Waals surface area contributed by atoms with E-state index in [1.54, 1.807) is 24.1 Å². The van der Waals surface area contributed by atoms with Gasteiger partial charge in [-0.05, 0) is 59.7 Å². The van der Waals surface area contributed by atoms with E-state index in [2.05, 4.69) is 52.1 Å². The monoisotopic (exact) mass is 906 g/mol. The molecule has 0 amide bonds. The number of aliphatic hydroxyl groups is 2. The largest absolute Gasteiger partial charge is 0.396 e. The van der Waals surface area contributed by atoms with Crippen molar-refractivity contribution in [1.29, 1.82) is 0 Å². The molecule has 318 valence electrons. The molecule has 2 aliphatic heterocycles. The molecule has 2 heterocycles. The molecule has 0 saturated heterocycles. The van der Waals surface area contributed by atoms with Crippen LogP contribution in [-0.2, 0) is 20.2 Å². The van der Waals surface area contributed by atoms with Crippen LogP contribution < -0.4 is 32.1 Å². The van der Waals surface area contributed by atoms with Crippen molar-refractivity contribution in [3.63, 3.8) is 0 Å². The van der Waals surface area contributed by atoms with Gasteiger partial charge >= 0.3 is 0 Å². The van der Waals surface area contributed by atoms with Gasteiger partial charge in [0.05, 0.1) is 13.2 Å². The molecular formula is C38H44N12Na2O8S2. The molecule has 0 aliphatic carbocycles. The summed E-state index contributed by atoms with van der Waals surface area (Å²) in [5.74, 6) is 1.28. The Morgan fingerprint density at radius 2 is 0.952 bits per heavy atom. The van der Waals surface area contributed by atoms with Crippen LogP contribution in [0.2, 0.25) is 0 Å². The van der Waals surface area contributed by atoms with Gasteiger partial charge in [0, 0.05) is 109 Å². The van der Waals surface area contributed by atoms with E-state index in [9.17, 15) is 36.2 Å². The van der Waals surface area contributed by atoms with E-state index in [-0.39, 0.29) is 120 Å². The Bertz CT molecular complexity index is 2380. The number of amidine groups is 2. The van der Waals surface area contributed by atoms with E-state index in [1.807, 2.05) is 60.7 Å². The van der Waals surface area contributed by atoms with Crippen molar-refractivity contribution in [1.82, 2.24) is 20.9 Å². The fraction of sp³-hybridized carbons (Fsp3) is 0.211. The molecule has 24 heteroatoms. The molecule has 2 unspecified atom stereocenters. The van der Waals surface area contributed by atoms with E-state index >= 15 is 0 Å². The minimum Gasteiger partial charge on any atom is -0.396 e. The number of guanidine groups is 2. The standard InChI is InChI=1S/C38H44N12O8S2.2Na/c1-39-49-33(19-21-51)45-35(41-27-9-5-3-6-10-27)47-37(49)43-29-17-15-25(31(23-29)59(53,54)55)13-14-26-16-18-30(24-32(26)60(56,57)58)44-38-48-36(42-28-11-7-4-8-12-28)46-34(20-22-52)50(38)40-2;;/h3-18,23-24,37-40,43-44,51-52H,19-22H2,1-2H3,(H,41,47)(H,42,48)(H,53,54,55)(H,56,57,58);;. The van der Waals surface area contributed by atoms with Gasteiger partial charge in [-0.15, -0.1) is 0 Å². The molecule has 2 atom stereocenters. The number of nitrogens with one attached hydrogen (secondary N) is 6. The average Bonchev–Trinajstić information content (AvgIpc) is 3.21. The van der Waals surface area contributed by atoms with Crippen molar-refractivity contribution >= 4 is 138 Å². The van der Waals surface area contributed by atoms with Crippen LogP contribution in [0.15, 0.2) is 127 Å². The maximum Gasteiger partial charge on any atom is 0.295 e. The van der Waals surface area contributed by atoms with Crippen LogP contribution in [0.25, 0.3) is 12.2 Å².